The highest BCUT2D eigenvalue weighted by Gasteiger charge is 2.49. The topological polar surface area (TPSA) is 131 Å². The van der Waals surface area contributed by atoms with Gasteiger partial charge in [0.05, 0.1) is 5.56 Å². The highest BCUT2D eigenvalue weighted by molar-refractivity contribution is 7.92. The smallest absolute Gasteiger partial charge is 0.268 e. The zero-order valence-electron chi connectivity index (χ0n) is 12.8. The van der Waals surface area contributed by atoms with Gasteiger partial charge in [0.2, 0.25) is 5.94 Å². The van der Waals surface area contributed by atoms with E-state index in [1.807, 2.05) is 0 Å². The number of nitrogens with one attached hydrogen (secondary N) is 2. The van der Waals surface area contributed by atoms with Crippen LogP contribution >= 0.6 is 11.6 Å². The first-order valence-electron chi connectivity index (χ1n) is 7.23. The Balaban J connectivity index is 2.02. The van der Waals surface area contributed by atoms with E-state index < -0.39 is 33.4 Å². The number of ether oxygens (including phenoxy) is 1. The van der Waals surface area contributed by atoms with E-state index in [2.05, 4.69) is 10.0 Å². The van der Waals surface area contributed by atoms with Crippen LogP contribution in [0.4, 0.5) is 15.8 Å². The molecule has 0 fully saturated rings. The summed E-state index contributed by atoms with van der Waals surface area (Å²) >= 11 is 6.07. The van der Waals surface area contributed by atoms with Crippen molar-refractivity contribution in [1.29, 1.82) is 0 Å². The molecule has 0 bridgehead atoms. The summed E-state index contributed by atoms with van der Waals surface area (Å²) in [6.45, 7) is 0. The molecule has 11 heteroatoms. The van der Waals surface area contributed by atoms with Crippen LogP contribution in [-0.2, 0) is 15.7 Å². The van der Waals surface area contributed by atoms with Gasteiger partial charge >= 0.3 is 0 Å². The predicted octanol–water partition coefficient (Wildman–Crippen LogP) is 1.09. The van der Waals surface area contributed by atoms with E-state index in [1.165, 1.54) is 12.1 Å². The van der Waals surface area contributed by atoms with Crippen LogP contribution in [0.1, 0.15) is 21.5 Å². The first-order chi connectivity index (χ1) is 12.1. The van der Waals surface area contributed by atoms with Crippen LogP contribution in [0.5, 0.6) is 5.75 Å². The van der Waals surface area contributed by atoms with E-state index in [9.17, 15) is 22.7 Å². The Hall–Kier alpha value is -2.56. The number of hydrogen-bond acceptors (Lipinski definition) is 6. The van der Waals surface area contributed by atoms with Gasteiger partial charge in [-0.3, -0.25) is 9.52 Å². The minimum absolute atomic E-state index is 0.0176. The Morgan fingerprint density at radius 3 is 2.81 bits per heavy atom. The number of nitrogens with two attached hydrogens (primary N) is 1. The molecule has 0 aromatic heterocycles. The number of nitrogen functional groups attached to an aromatic ring is 1. The lowest BCUT2D eigenvalue weighted by atomic mass is 9.91. The Bertz CT molecular complexity index is 1090. The summed E-state index contributed by atoms with van der Waals surface area (Å²) in [5.41, 5.74) is 3.04. The van der Waals surface area contributed by atoms with Crippen LogP contribution in [0, 0.1) is 5.82 Å². The third kappa shape index (κ3) is 2.30. The molecule has 5 N–H and O–H groups in total. The Morgan fingerprint density at radius 2 is 2.08 bits per heavy atom. The maximum absolute atomic E-state index is 13.7. The number of halogens is 2. The van der Waals surface area contributed by atoms with Crippen molar-refractivity contribution >= 4 is 38.9 Å². The summed E-state index contributed by atoms with van der Waals surface area (Å²) in [4.78, 5) is 12.5. The number of amides is 1. The van der Waals surface area contributed by atoms with Gasteiger partial charge in [-0.15, -0.1) is 0 Å². The average Bonchev–Trinajstić information content (AvgIpc) is 2.83. The largest absolute Gasteiger partial charge is 0.473 e. The van der Waals surface area contributed by atoms with Gasteiger partial charge in [-0.25, -0.2) is 12.8 Å². The number of carbonyl (C=O) groups is 1. The zero-order chi connectivity index (χ0) is 18.9. The number of carbonyl (C=O) groups excluding carboxylic acids is 1. The number of hydrogen-bond donors (Lipinski definition) is 4. The number of aliphatic hydroxyl groups is 1. The highest BCUT2D eigenvalue weighted by atomic mass is 35.5. The molecule has 2 aliphatic heterocycles. The summed E-state index contributed by atoms with van der Waals surface area (Å²) in [6, 6.07) is 4.53. The number of sulfonamides is 1. The molecule has 0 saturated carbocycles. The average molecular weight is 400 g/mol. The Kier molecular flexibility index (Phi) is 3.39. The fraction of sp³-hybridized carbons (Fsp3) is 0.133. The number of fused-ring (bicyclic) bond motifs is 3. The molecule has 0 spiro atoms. The van der Waals surface area contributed by atoms with E-state index in [-0.39, 0.29) is 38.8 Å². The van der Waals surface area contributed by atoms with Gasteiger partial charge in [0.1, 0.15) is 17.3 Å². The van der Waals surface area contributed by atoms with Gasteiger partial charge in [0, 0.05) is 27.9 Å². The molecule has 1 amide bonds. The van der Waals surface area contributed by atoms with E-state index in [0.29, 0.717) is 0 Å². The van der Waals surface area contributed by atoms with Crippen molar-refractivity contribution in [3.8, 4) is 5.75 Å². The third-order valence-electron chi connectivity index (χ3n) is 4.15. The molecule has 2 aromatic carbocycles. The molecule has 8 nitrogen and oxygen atoms in total. The third-order valence-corrected chi connectivity index (χ3v) is 5.42. The maximum atomic E-state index is 13.7. The quantitative estimate of drug-likeness (QED) is 0.531. The van der Waals surface area contributed by atoms with E-state index in [1.54, 1.807) is 0 Å². The van der Waals surface area contributed by atoms with Gasteiger partial charge in [0.25, 0.3) is 15.9 Å². The molecule has 1 unspecified atom stereocenters. The van der Waals surface area contributed by atoms with Crippen LogP contribution in [-0.4, -0.2) is 25.4 Å². The molecule has 0 aliphatic carbocycles. The lowest BCUT2D eigenvalue weighted by Crippen LogP contribution is -2.40. The summed E-state index contributed by atoms with van der Waals surface area (Å²) < 4.78 is 44.7. The van der Waals surface area contributed by atoms with Gasteiger partial charge in [-0.1, -0.05) is 11.6 Å². The summed E-state index contributed by atoms with van der Waals surface area (Å²) in [5.74, 6) is -2.11. The molecule has 2 aromatic rings. The molecule has 0 saturated heterocycles. The molecule has 1 atom stereocenters. The van der Waals surface area contributed by atoms with Crippen LogP contribution in [0.15, 0.2) is 24.3 Å². The minimum Gasteiger partial charge on any atom is -0.473 e. The number of rotatable bonds is 1. The zero-order valence-corrected chi connectivity index (χ0v) is 14.4. The van der Waals surface area contributed by atoms with Crippen LogP contribution in [0.3, 0.4) is 0 Å². The van der Waals surface area contributed by atoms with Crippen molar-refractivity contribution in [2.24, 2.45) is 0 Å². The fourth-order valence-electron chi connectivity index (χ4n) is 3.10. The fourth-order valence-corrected chi connectivity index (χ4v) is 4.21. The first kappa shape index (κ1) is 16.9. The van der Waals surface area contributed by atoms with Crippen molar-refractivity contribution in [2.75, 3.05) is 16.4 Å². The Labute approximate surface area is 151 Å². The van der Waals surface area contributed by atoms with Crippen molar-refractivity contribution in [3.63, 3.8) is 0 Å². The van der Waals surface area contributed by atoms with Crippen molar-refractivity contribution < 1.29 is 27.4 Å². The molecular weight excluding hydrogens is 389 g/mol. The molecule has 2 heterocycles. The van der Waals surface area contributed by atoms with Crippen molar-refractivity contribution in [3.05, 3.63) is 51.8 Å². The molecule has 0 radical (unpaired) electrons. The summed E-state index contributed by atoms with van der Waals surface area (Å²) in [5, 5.41) is 13.4. The predicted molar refractivity (Wildman–Crippen MR) is 90.8 cm³/mol. The lowest BCUT2D eigenvalue weighted by Gasteiger charge is -2.28. The van der Waals surface area contributed by atoms with Crippen LogP contribution in [0.25, 0.3) is 0 Å². The molecule has 26 heavy (non-hydrogen) atoms. The van der Waals surface area contributed by atoms with Gasteiger partial charge in [-0.05, 0) is 18.2 Å². The first-order valence-corrected chi connectivity index (χ1v) is 9.26. The molecular formula is C15H11ClFN3O5S. The van der Waals surface area contributed by atoms with Crippen LogP contribution in [0.2, 0.25) is 5.02 Å². The minimum atomic E-state index is -3.83. The van der Waals surface area contributed by atoms with Gasteiger partial charge in [-0.2, -0.15) is 0 Å². The van der Waals surface area contributed by atoms with Gasteiger partial charge in [0.15, 0.2) is 5.72 Å². The van der Waals surface area contributed by atoms with Crippen LogP contribution < -0.4 is 20.5 Å². The van der Waals surface area contributed by atoms with E-state index >= 15 is 0 Å². The number of anilines is 2. The molecule has 4 rings (SSSR count). The SMILES string of the molecule is Nc1cc2c(c3c1C(O)(c1cc(F)ccc1Cl)NC3=O)NS(=O)(=O)CO2. The molecule has 136 valence electrons. The maximum Gasteiger partial charge on any atom is 0.268 e. The second-order valence-electron chi connectivity index (χ2n) is 5.86. The second kappa shape index (κ2) is 5.22. The summed E-state index contributed by atoms with van der Waals surface area (Å²) in [6.07, 6.45) is 0. The Morgan fingerprint density at radius 1 is 1.35 bits per heavy atom. The lowest BCUT2D eigenvalue weighted by molar-refractivity contribution is 0.0479. The van der Waals surface area contributed by atoms with Crippen molar-refractivity contribution in [2.45, 2.75) is 5.72 Å². The van der Waals surface area contributed by atoms with Gasteiger partial charge < -0.3 is 20.9 Å². The van der Waals surface area contributed by atoms with E-state index in [0.717, 1.165) is 12.1 Å². The standard InChI is InChI=1S/C15H11ClFN3O5S/c16-8-2-1-6(17)3-7(8)15(22)12-9(18)4-10-13(11(12)14(21)19-15)20-26(23,24)5-25-10/h1-4,20,22H,5,18H2,(H,19,21). The number of benzene rings is 2. The monoisotopic (exact) mass is 399 g/mol. The van der Waals surface area contributed by atoms with E-state index in [4.69, 9.17) is 22.1 Å². The summed E-state index contributed by atoms with van der Waals surface area (Å²) in [7, 11) is -3.83. The van der Waals surface area contributed by atoms with Crippen molar-refractivity contribution in [1.82, 2.24) is 5.32 Å². The molecule has 2 aliphatic rings. The second-order valence-corrected chi connectivity index (χ2v) is 7.93. The highest BCUT2D eigenvalue weighted by Crippen LogP contribution is 2.48. The normalized spacial score (nSPS) is 22.7.